The van der Waals surface area contributed by atoms with Crippen LogP contribution in [0, 0.1) is 29.1 Å². The lowest BCUT2D eigenvalue weighted by atomic mass is 9.78. The number of Topliss-reactive ketones (excluding diaryl/α,β-unsaturated/α-hetero) is 1. The van der Waals surface area contributed by atoms with Gasteiger partial charge in [-0.25, -0.2) is 4.79 Å². The Hall–Kier alpha value is -2.93. The fourth-order valence-corrected chi connectivity index (χ4v) is 7.01. The first-order chi connectivity index (χ1) is 24.7. The monoisotopic (exact) mass is 733 g/mol. The Morgan fingerprint density at radius 3 is 2.33 bits per heavy atom. The van der Waals surface area contributed by atoms with E-state index < -0.39 is 17.4 Å². The largest absolute Gasteiger partial charge is 0.493 e. The predicted octanol–water partition coefficient (Wildman–Crippen LogP) is 6.07. The van der Waals surface area contributed by atoms with Crippen molar-refractivity contribution >= 4 is 17.8 Å². The first kappa shape index (κ1) is 43.5. The lowest BCUT2D eigenvalue weighted by molar-refractivity contribution is -0.129. The molecule has 1 aromatic rings. The highest BCUT2D eigenvalue weighted by molar-refractivity contribution is 5.84. The Morgan fingerprint density at radius 2 is 1.71 bits per heavy atom. The molecule has 0 bridgehead atoms. The van der Waals surface area contributed by atoms with Crippen molar-refractivity contribution in [1.82, 2.24) is 9.80 Å². The zero-order valence-corrected chi connectivity index (χ0v) is 33.3. The van der Waals surface area contributed by atoms with Gasteiger partial charge in [-0.3, -0.25) is 14.5 Å². The van der Waals surface area contributed by atoms with E-state index in [0.29, 0.717) is 44.0 Å². The molecule has 0 aromatic heterocycles. The maximum atomic E-state index is 13.7. The molecule has 296 valence electrons. The number of primary amides is 1. The fraction of sp³-hybridized carbons (Fsp3) is 0.775. The number of rotatable bonds is 22. The molecular formula is C40H67N3O9. The van der Waals surface area contributed by atoms with Gasteiger partial charge in [0.05, 0.1) is 32.0 Å². The van der Waals surface area contributed by atoms with E-state index in [1.165, 1.54) is 0 Å². The summed E-state index contributed by atoms with van der Waals surface area (Å²) in [5.41, 5.74) is 5.93. The van der Waals surface area contributed by atoms with Crippen LogP contribution in [0.1, 0.15) is 92.1 Å². The number of likely N-dealkylation sites (tertiary alicyclic amines) is 1. The van der Waals surface area contributed by atoms with Crippen LogP contribution in [0.3, 0.4) is 0 Å². The fourth-order valence-electron chi connectivity index (χ4n) is 7.01. The molecule has 12 heteroatoms. The predicted molar refractivity (Wildman–Crippen MR) is 200 cm³/mol. The molecule has 2 aliphatic heterocycles. The first-order valence-corrected chi connectivity index (χ1v) is 19.1. The molecule has 2 N–H and O–H groups in total. The zero-order chi connectivity index (χ0) is 38.4. The first-order valence-electron chi connectivity index (χ1n) is 19.1. The van der Waals surface area contributed by atoms with Gasteiger partial charge < -0.3 is 39.1 Å². The Balaban J connectivity index is 1.81. The molecule has 2 fully saturated rings. The molecule has 1 aromatic carbocycles. The Bertz CT molecular complexity index is 1260. The van der Waals surface area contributed by atoms with Gasteiger partial charge in [-0.2, -0.15) is 0 Å². The SMILES string of the molecule is COCCCOc1cc(C[C@@H](C[C@H]2[C@H](C[C@H](C(=O)CCC(C)(C)C(N)=O)C(C)C)OCN2C(=O)OCOC2CCN(C)CC2)C(C)C)ccc1OC. The van der Waals surface area contributed by atoms with E-state index in [0.717, 1.165) is 44.3 Å². The van der Waals surface area contributed by atoms with Gasteiger partial charge in [0.1, 0.15) is 12.5 Å². The number of benzene rings is 1. The van der Waals surface area contributed by atoms with Crippen LogP contribution in [-0.4, -0.2) is 107 Å². The van der Waals surface area contributed by atoms with Crippen molar-refractivity contribution in [2.24, 2.45) is 34.8 Å². The number of carbonyl (C=O) groups excluding carboxylic acids is 3. The number of methoxy groups -OCH3 is 2. The van der Waals surface area contributed by atoms with E-state index in [1.54, 1.807) is 33.0 Å². The van der Waals surface area contributed by atoms with Gasteiger partial charge in [-0.1, -0.05) is 47.6 Å². The molecular weight excluding hydrogens is 666 g/mol. The quantitative estimate of drug-likeness (QED) is 0.110. The maximum absolute atomic E-state index is 13.7. The van der Waals surface area contributed by atoms with E-state index in [2.05, 4.69) is 31.9 Å². The van der Waals surface area contributed by atoms with Gasteiger partial charge in [-0.15, -0.1) is 0 Å². The van der Waals surface area contributed by atoms with E-state index >= 15 is 0 Å². The highest BCUT2D eigenvalue weighted by Gasteiger charge is 2.43. The summed E-state index contributed by atoms with van der Waals surface area (Å²) in [4.78, 5) is 43.3. The van der Waals surface area contributed by atoms with E-state index in [-0.39, 0.29) is 67.6 Å². The summed E-state index contributed by atoms with van der Waals surface area (Å²) in [6, 6.07) is 5.72. The second kappa shape index (κ2) is 21.1. The molecule has 2 saturated heterocycles. The standard InChI is InChI=1S/C40H67N3O9/c1-27(2)30(21-29-11-12-35(48-9)37(22-29)49-20-10-19-47-8)23-33-36(24-32(28(3)4)34(44)13-16-40(5,6)38(41)45)50-25-43(33)39(46)52-26-51-31-14-17-42(7)18-15-31/h11-12,22,27-28,30-33,36H,10,13-21,23-26H2,1-9H3,(H2,41,45)/t30-,32-,33-,36-/m0/s1. The summed E-state index contributed by atoms with van der Waals surface area (Å²) >= 11 is 0. The van der Waals surface area contributed by atoms with Crippen LogP contribution in [0.5, 0.6) is 11.5 Å². The van der Waals surface area contributed by atoms with Crippen molar-refractivity contribution in [3.8, 4) is 11.5 Å². The minimum atomic E-state index is -0.777. The summed E-state index contributed by atoms with van der Waals surface area (Å²) in [6.45, 7) is 15.0. The molecule has 3 rings (SSSR count). The Morgan fingerprint density at radius 1 is 1.00 bits per heavy atom. The molecule has 52 heavy (non-hydrogen) atoms. The van der Waals surface area contributed by atoms with Crippen molar-refractivity contribution in [3.63, 3.8) is 0 Å². The van der Waals surface area contributed by atoms with Gasteiger partial charge in [0.15, 0.2) is 18.3 Å². The average molecular weight is 734 g/mol. The smallest absolute Gasteiger partial charge is 0.414 e. The van der Waals surface area contributed by atoms with Gasteiger partial charge in [-0.05, 0) is 81.0 Å². The summed E-state index contributed by atoms with van der Waals surface area (Å²) in [5, 5.41) is 0. The molecule has 0 radical (unpaired) electrons. The summed E-state index contributed by atoms with van der Waals surface area (Å²) in [6.07, 6.45) is 4.25. The lowest BCUT2D eigenvalue weighted by Gasteiger charge is -2.33. The topological polar surface area (TPSA) is 139 Å². The third-order valence-corrected chi connectivity index (χ3v) is 11.0. The number of nitrogens with two attached hydrogens (primary N) is 1. The van der Waals surface area contributed by atoms with E-state index in [1.807, 2.05) is 26.0 Å². The number of hydrogen-bond donors (Lipinski definition) is 1. The zero-order valence-electron chi connectivity index (χ0n) is 33.3. The van der Waals surface area contributed by atoms with Crippen LogP contribution < -0.4 is 15.2 Å². The number of amides is 2. The number of carbonyl (C=O) groups is 3. The van der Waals surface area contributed by atoms with Crippen molar-refractivity contribution in [2.45, 2.75) is 111 Å². The highest BCUT2D eigenvalue weighted by Crippen LogP contribution is 2.36. The van der Waals surface area contributed by atoms with Crippen LogP contribution in [-0.2, 0) is 35.0 Å². The van der Waals surface area contributed by atoms with E-state index in [9.17, 15) is 14.4 Å². The minimum absolute atomic E-state index is 0.0416. The van der Waals surface area contributed by atoms with Crippen LogP contribution in [0.2, 0.25) is 0 Å². The molecule has 2 amide bonds. The lowest BCUT2D eigenvalue weighted by Crippen LogP contribution is -2.43. The van der Waals surface area contributed by atoms with Crippen LogP contribution in [0.4, 0.5) is 4.79 Å². The van der Waals surface area contributed by atoms with Gasteiger partial charge in [0.2, 0.25) is 5.91 Å². The van der Waals surface area contributed by atoms with Crippen LogP contribution in [0.15, 0.2) is 18.2 Å². The van der Waals surface area contributed by atoms with Crippen LogP contribution in [0.25, 0.3) is 0 Å². The molecule has 0 aliphatic carbocycles. The molecule has 0 saturated carbocycles. The van der Waals surface area contributed by atoms with Gasteiger partial charge in [0.25, 0.3) is 0 Å². The Kier molecular flexibility index (Phi) is 17.6. The van der Waals surface area contributed by atoms with E-state index in [4.69, 9.17) is 34.2 Å². The third kappa shape index (κ3) is 13.2. The molecule has 2 heterocycles. The van der Waals surface area contributed by atoms with Gasteiger partial charge in [0, 0.05) is 51.0 Å². The number of ketones is 1. The highest BCUT2D eigenvalue weighted by atomic mass is 16.7. The molecule has 12 nitrogen and oxygen atoms in total. The van der Waals surface area contributed by atoms with Crippen LogP contribution >= 0.6 is 0 Å². The summed E-state index contributed by atoms with van der Waals surface area (Å²) in [7, 11) is 5.40. The second-order valence-electron chi connectivity index (χ2n) is 16.0. The summed E-state index contributed by atoms with van der Waals surface area (Å²) in [5.74, 6) is 1.20. The molecule has 4 atom stereocenters. The number of ether oxygens (including phenoxy) is 6. The van der Waals surface area contributed by atoms with Crippen molar-refractivity contribution in [1.29, 1.82) is 0 Å². The maximum Gasteiger partial charge on any atom is 0.414 e. The molecule has 0 unspecified atom stereocenters. The number of piperidine rings is 1. The summed E-state index contributed by atoms with van der Waals surface area (Å²) < 4.78 is 34.9. The Labute approximate surface area is 312 Å². The number of hydrogen-bond acceptors (Lipinski definition) is 10. The van der Waals surface area contributed by atoms with Gasteiger partial charge >= 0.3 is 6.09 Å². The average Bonchev–Trinajstić information content (AvgIpc) is 3.50. The second-order valence-corrected chi connectivity index (χ2v) is 16.0. The minimum Gasteiger partial charge on any atom is -0.493 e. The molecule has 2 aliphatic rings. The molecule has 0 spiro atoms. The number of nitrogens with zero attached hydrogens (tertiary/aromatic N) is 2. The van der Waals surface area contributed by atoms with Crippen molar-refractivity contribution in [2.75, 3.05) is 61.1 Å². The van der Waals surface area contributed by atoms with Crippen molar-refractivity contribution < 1.29 is 42.8 Å². The third-order valence-electron chi connectivity index (χ3n) is 11.0. The normalized spacial score (nSPS) is 19.9. The van der Waals surface area contributed by atoms with Crippen molar-refractivity contribution in [3.05, 3.63) is 23.8 Å².